The van der Waals surface area contributed by atoms with Gasteiger partial charge in [-0.15, -0.1) is 0 Å². The van der Waals surface area contributed by atoms with Gasteiger partial charge in [0.15, 0.2) is 0 Å². The highest BCUT2D eigenvalue weighted by molar-refractivity contribution is 6.01. The van der Waals surface area contributed by atoms with Gasteiger partial charge in [-0.05, 0) is 42.0 Å². The molecule has 1 aliphatic carbocycles. The van der Waals surface area contributed by atoms with Crippen molar-refractivity contribution in [3.63, 3.8) is 0 Å². The molecule has 2 aliphatic rings. The van der Waals surface area contributed by atoms with Gasteiger partial charge in [0.2, 0.25) is 0 Å². The fourth-order valence-electron chi connectivity index (χ4n) is 4.37. The van der Waals surface area contributed by atoms with Crippen LogP contribution in [0, 0.1) is 0 Å². The lowest BCUT2D eigenvalue weighted by Gasteiger charge is -2.30. The third-order valence-electron chi connectivity index (χ3n) is 5.60. The van der Waals surface area contributed by atoms with Crippen molar-refractivity contribution < 1.29 is 9.53 Å². The summed E-state index contributed by atoms with van der Waals surface area (Å²) in [4.78, 5) is 16.2. The Labute approximate surface area is 151 Å². The number of rotatable bonds is 2. The molecule has 1 aromatic carbocycles. The summed E-state index contributed by atoms with van der Waals surface area (Å²) in [7, 11) is 0. The van der Waals surface area contributed by atoms with Crippen molar-refractivity contribution in [1.29, 1.82) is 0 Å². The summed E-state index contributed by atoms with van der Waals surface area (Å²) in [5, 5.41) is 11.5. The lowest BCUT2D eigenvalue weighted by atomic mass is 9.73. The summed E-state index contributed by atoms with van der Waals surface area (Å²) in [5.41, 5.74) is 6.34. The van der Waals surface area contributed by atoms with Crippen molar-refractivity contribution in [3.8, 4) is 11.4 Å². The van der Waals surface area contributed by atoms with Crippen molar-refractivity contribution in [2.24, 2.45) is 0 Å². The van der Waals surface area contributed by atoms with Crippen LogP contribution in [-0.4, -0.2) is 40.3 Å². The van der Waals surface area contributed by atoms with Crippen LogP contribution in [0.5, 0.6) is 0 Å². The predicted molar refractivity (Wildman–Crippen MR) is 99.3 cm³/mol. The number of fused-ring (bicyclic) bond motifs is 5. The Hall–Kier alpha value is -2.60. The molecule has 1 amide bonds. The van der Waals surface area contributed by atoms with E-state index in [1.54, 1.807) is 0 Å². The first-order chi connectivity index (χ1) is 12.5. The van der Waals surface area contributed by atoms with Gasteiger partial charge in [0.1, 0.15) is 0 Å². The number of H-pyrrole nitrogens is 2. The number of nitrogens with one attached hydrogen (secondary N) is 3. The largest absolute Gasteiger partial charge is 0.379 e. The summed E-state index contributed by atoms with van der Waals surface area (Å²) in [5.74, 6) is -0.0341. The van der Waals surface area contributed by atoms with Gasteiger partial charge in [-0.3, -0.25) is 9.89 Å². The fraction of sp³-hybridized carbons (Fsp3) is 0.400. The minimum atomic E-state index is -0.0341. The van der Waals surface area contributed by atoms with E-state index in [-0.39, 0.29) is 17.4 Å². The molecule has 3 N–H and O–H groups in total. The molecule has 3 aromatic rings. The summed E-state index contributed by atoms with van der Waals surface area (Å²) < 4.78 is 5.35. The van der Waals surface area contributed by atoms with Crippen LogP contribution >= 0.6 is 0 Å². The van der Waals surface area contributed by atoms with Crippen molar-refractivity contribution in [2.75, 3.05) is 13.2 Å². The summed E-state index contributed by atoms with van der Waals surface area (Å²) in [6.07, 6.45) is 3.71. The Morgan fingerprint density at radius 3 is 3.04 bits per heavy atom. The van der Waals surface area contributed by atoms with Crippen LogP contribution in [0.2, 0.25) is 0 Å². The topological polar surface area (TPSA) is 82.8 Å². The molecule has 26 heavy (non-hydrogen) atoms. The van der Waals surface area contributed by atoms with Gasteiger partial charge in [0.25, 0.3) is 5.91 Å². The molecule has 1 saturated heterocycles. The molecule has 3 heterocycles. The highest BCUT2D eigenvalue weighted by atomic mass is 16.5. The molecule has 0 saturated carbocycles. The maximum Gasteiger partial charge on any atom is 0.251 e. The zero-order chi connectivity index (χ0) is 17.9. The second-order valence-electron chi connectivity index (χ2n) is 8.00. The van der Waals surface area contributed by atoms with Crippen LogP contribution in [-0.2, 0) is 16.6 Å². The quantitative estimate of drug-likeness (QED) is 0.664. The Balaban J connectivity index is 1.60. The summed E-state index contributed by atoms with van der Waals surface area (Å²) in [6.45, 7) is 5.81. The van der Waals surface area contributed by atoms with Gasteiger partial charge < -0.3 is 15.0 Å². The van der Waals surface area contributed by atoms with Crippen LogP contribution in [0.3, 0.4) is 0 Å². The zero-order valence-corrected chi connectivity index (χ0v) is 15.0. The molecule has 2 aromatic heterocycles. The van der Waals surface area contributed by atoms with Gasteiger partial charge in [0, 0.05) is 28.6 Å². The number of benzene rings is 1. The van der Waals surface area contributed by atoms with Crippen LogP contribution in [0.25, 0.3) is 22.3 Å². The van der Waals surface area contributed by atoms with Gasteiger partial charge >= 0.3 is 0 Å². The number of aromatic amines is 2. The molecule has 1 aliphatic heterocycles. The fourth-order valence-corrected chi connectivity index (χ4v) is 4.37. The Kier molecular flexibility index (Phi) is 3.28. The number of ether oxygens (including phenoxy) is 1. The number of carbonyl (C=O) groups is 1. The Morgan fingerprint density at radius 1 is 1.35 bits per heavy atom. The van der Waals surface area contributed by atoms with E-state index in [0.29, 0.717) is 12.2 Å². The first kappa shape index (κ1) is 15.6. The Bertz CT molecular complexity index is 1010. The second-order valence-corrected chi connectivity index (χ2v) is 8.00. The number of carbonyl (C=O) groups excluding carboxylic acids is 1. The first-order valence-corrected chi connectivity index (χ1v) is 9.10. The molecule has 0 bridgehead atoms. The summed E-state index contributed by atoms with van der Waals surface area (Å²) in [6, 6.07) is 6.01. The van der Waals surface area contributed by atoms with E-state index >= 15 is 0 Å². The maximum atomic E-state index is 12.7. The monoisotopic (exact) mass is 350 g/mol. The van der Waals surface area contributed by atoms with Gasteiger partial charge in [-0.2, -0.15) is 5.10 Å². The van der Waals surface area contributed by atoms with E-state index < -0.39 is 0 Å². The average molecular weight is 350 g/mol. The Morgan fingerprint density at radius 2 is 2.23 bits per heavy atom. The molecule has 134 valence electrons. The molecule has 5 rings (SSSR count). The van der Waals surface area contributed by atoms with Gasteiger partial charge in [0.05, 0.1) is 30.2 Å². The normalized spacial score (nSPS) is 20.8. The van der Waals surface area contributed by atoms with Crippen LogP contribution in [0.4, 0.5) is 0 Å². The van der Waals surface area contributed by atoms with Crippen LogP contribution < -0.4 is 5.32 Å². The minimum Gasteiger partial charge on any atom is -0.379 e. The van der Waals surface area contributed by atoms with Gasteiger partial charge in [-0.1, -0.05) is 13.8 Å². The molecule has 1 fully saturated rings. The summed E-state index contributed by atoms with van der Waals surface area (Å²) >= 11 is 0. The number of aromatic nitrogens is 3. The van der Waals surface area contributed by atoms with Crippen LogP contribution in [0.15, 0.2) is 24.4 Å². The average Bonchev–Trinajstić information content (AvgIpc) is 3.31. The maximum absolute atomic E-state index is 12.7. The number of amides is 1. The zero-order valence-electron chi connectivity index (χ0n) is 15.0. The number of hydrogen-bond acceptors (Lipinski definition) is 3. The lowest BCUT2D eigenvalue weighted by Crippen LogP contribution is -2.35. The van der Waals surface area contributed by atoms with Gasteiger partial charge in [-0.25, -0.2) is 0 Å². The minimum absolute atomic E-state index is 0.0289. The molecule has 0 spiro atoms. The molecule has 0 unspecified atom stereocenters. The molecule has 6 nitrogen and oxygen atoms in total. The third-order valence-corrected chi connectivity index (χ3v) is 5.60. The number of hydrogen-bond donors (Lipinski definition) is 3. The molecule has 6 heteroatoms. The highest BCUT2D eigenvalue weighted by Crippen LogP contribution is 2.45. The number of nitrogens with zero attached hydrogens (tertiary/aromatic N) is 1. The first-order valence-electron chi connectivity index (χ1n) is 9.10. The van der Waals surface area contributed by atoms with E-state index in [4.69, 9.17) is 4.74 Å². The van der Waals surface area contributed by atoms with Crippen molar-refractivity contribution in [3.05, 3.63) is 41.1 Å². The molecule has 0 radical (unpaired) electrons. The van der Waals surface area contributed by atoms with E-state index in [1.807, 2.05) is 24.4 Å². The SMILES string of the molecule is CC1(C)Cc2cn[nH]c2-c2[nH]c3ccc(C(=O)N[C@H]4CCOC4)cc3c21. The van der Waals surface area contributed by atoms with Crippen molar-refractivity contribution >= 4 is 16.8 Å². The highest BCUT2D eigenvalue weighted by Gasteiger charge is 2.35. The van der Waals surface area contributed by atoms with Crippen molar-refractivity contribution in [2.45, 2.75) is 38.1 Å². The van der Waals surface area contributed by atoms with E-state index in [0.717, 1.165) is 41.7 Å². The molecular weight excluding hydrogens is 328 g/mol. The lowest BCUT2D eigenvalue weighted by molar-refractivity contribution is 0.0930. The standard InChI is InChI=1S/C20H22N4O2/c1-20(2)8-12-9-21-24-17(12)18-16(20)14-7-11(3-4-15(14)23-18)19(25)22-13-5-6-26-10-13/h3-4,7,9,13,23H,5-6,8,10H2,1-2H3,(H,21,24)(H,22,25)/t13-/m0/s1. The second kappa shape index (κ2) is 5.45. The molecule has 1 atom stereocenters. The van der Waals surface area contributed by atoms with Crippen LogP contribution in [0.1, 0.15) is 41.8 Å². The van der Waals surface area contributed by atoms with E-state index in [2.05, 4.69) is 34.3 Å². The molecular formula is C20H22N4O2. The third kappa shape index (κ3) is 2.29. The van der Waals surface area contributed by atoms with E-state index in [9.17, 15) is 4.79 Å². The van der Waals surface area contributed by atoms with Crippen molar-refractivity contribution in [1.82, 2.24) is 20.5 Å². The predicted octanol–water partition coefficient (Wildman–Crippen LogP) is 2.91. The van der Waals surface area contributed by atoms with E-state index in [1.165, 1.54) is 11.1 Å². The smallest absolute Gasteiger partial charge is 0.251 e.